The summed E-state index contributed by atoms with van der Waals surface area (Å²) in [5.74, 6) is 0.155. The van der Waals surface area contributed by atoms with Gasteiger partial charge in [-0.3, -0.25) is 9.69 Å². The Hall–Kier alpha value is -2.85. The number of carbonyl (C=O) groups excluding carboxylic acids is 1. The Morgan fingerprint density at radius 3 is 2.43 bits per heavy atom. The number of nitrogens with zero attached hydrogens (tertiary/aromatic N) is 3. The number of para-hydroxylation sites is 1. The second kappa shape index (κ2) is 8.44. The second-order valence-electron chi connectivity index (χ2n) is 7.25. The zero-order chi connectivity index (χ0) is 19.3. The number of fused-ring (bicyclic) bond motifs is 1. The van der Waals surface area contributed by atoms with Gasteiger partial charge in [-0.2, -0.15) is 0 Å². The highest BCUT2D eigenvalue weighted by molar-refractivity contribution is 6.07. The predicted octanol–water partition coefficient (Wildman–Crippen LogP) is 4.13. The molecule has 4 rings (SSSR count). The summed E-state index contributed by atoms with van der Waals surface area (Å²) in [6.45, 7) is 7.30. The fraction of sp³-hybridized carbons (Fsp3) is 0.292. The minimum Gasteiger partial charge on any atom is -0.347 e. The van der Waals surface area contributed by atoms with E-state index in [1.54, 1.807) is 0 Å². The maximum atomic E-state index is 13.1. The summed E-state index contributed by atoms with van der Waals surface area (Å²) < 4.78 is 2.16. The quantitative estimate of drug-likeness (QED) is 0.673. The van der Waals surface area contributed by atoms with Crippen LogP contribution in [-0.2, 0) is 6.54 Å². The van der Waals surface area contributed by atoms with Crippen LogP contribution in [0.15, 0.2) is 66.9 Å². The molecule has 1 amide bonds. The first-order valence-electron chi connectivity index (χ1n) is 10.1. The van der Waals surface area contributed by atoms with Crippen molar-refractivity contribution in [2.75, 3.05) is 32.7 Å². The fourth-order valence-corrected chi connectivity index (χ4v) is 3.88. The largest absolute Gasteiger partial charge is 0.347 e. The number of amides is 1. The molecule has 2 heterocycles. The number of carbonyl (C=O) groups is 1. The predicted molar refractivity (Wildman–Crippen MR) is 115 cm³/mol. The topological polar surface area (TPSA) is 28.5 Å². The Balaban J connectivity index is 1.37. The summed E-state index contributed by atoms with van der Waals surface area (Å²) in [5.41, 5.74) is 3.19. The van der Waals surface area contributed by atoms with Crippen LogP contribution < -0.4 is 0 Å². The van der Waals surface area contributed by atoms with E-state index in [1.807, 2.05) is 29.3 Å². The van der Waals surface area contributed by atoms with E-state index in [1.165, 1.54) is 5.56 Å². The maximum Gasteiger partial charge on any atom is 0.256 e. The van der Waals surface area contributed by atoms with E-state index in [9.17, 15) is 4.79 Å². The molecule has 0 saturated carbocycles. The van der Waals surface area contributed by atoms with Crippen LogP contribution in [0.2, 0.25) is 0 Å². The minimum atomic E-state index is 0.155. The number of aromatic nitrogens is 1. The van der Waals surface area contributed by atoms with Gasteiger partial charge in [-0.15, -0.1) is 0 Å². The maximum absolute atomic E-state index is 13.1. The number of hydrogen-bond donors (Lipinski definition) is 0. The smallest absolute Gasteiger partial charge is 0.256 e. The summed E-state index contributed by atoms with van der Waals surface area (Å²) in [6.07, 6.45) is 6.39. The van der Waals surface area contributed by atoms with Crippen molar-refractivity contribution in [1.29, 1.82) is 0 Å². The number of benzene rings is 2. The second-order valence-corrected chi connectivity index (χ2v) is 7.25. The molecule has 4 nitrogen and oxygen atoms in total. The van der Waals surface area contributed by atoms with Gasteiger partial charge in [0.25, 0.3) is 5.91 Å². The number of hydrogen-bond acceptors (Lipinski definition) is 2. The third-order valence-corrected chi connectivity index (χ3v) is 5.49. The van der Waals surface area contributed by atoms with Crippen LogP contribution in [0.5, 0.6) is 0 Å². The lowest BCUT2D eigenvalue weighted by Gasteiger charge is -2.34. The van der Waals surface area contributed by atoms with Crippen molar-refractivity contribution >= 4 is 22.9 Å². The minimum absolute atomic E-state index is 0.155. The van der Waals surface area contributed by atoms with E-state index in [0.29, 0.717) is 0 Å². The van der Waals surface area contributed by atoms with E-state index in [4.69, 9.17) is 0 Å². The molecule has 144 valence electrons. The Morgan fingerprint density at radius 1 is 0.964 bits per heavy atom. The summed E-state index contributed by atoms with van der Waals surface area (Å²) in [5, 5.41) is 1.06. The SMILES string of the molecule is CCn1cc(C(=O)N2CCN(C/C=C/c3ccccc3)CC2)c2ccccc21. The van der Waals surface area contributed by atoms with Crippen LogP contribution in [0.3, 0.4) is 0 Å². The molecule has 4 heteroatoms. The van der Waals surface area contributed by atoms with E-state index in [2.05, 4.69) is 64.9 Å². The molecule has 0 aliphatic carbocycles. The molecule has 1 saturated heterocycles. The molecule has 0 radical (unpaired) electrons. The van der Waals surface area contributed by atoms with E-state index in [-0.39, 0.29) is 5.91 Å². The molecule has 2 aromatic carbocycles. The van der Waals surface area contributed by atoms with Crippen molar-refractivity contribution in [2.45, 2.75) is 13.5 Å². The molecule has 3 aromatic rings. The van der Waals surface area contributed by atoms with E-state index >= 15 is 0 Å². The monoisotopic (exact) mass is 373 g/mol. The van der Waals surface area contributed by atoms with Crippen molar-refractivity contribution in [3.63, 3.8) is 0 Å². The van der Waals surface area contributed by atoms with Crippen molar-refractivity contribution < 1.29 is 4.79 Å². The first kappa shape index (κ1) is 18.5. The van der Waals surface area contributed by atoms with Gasteiger partial charge in [0.05, 0.1) is 5.56 Å². The number of piperazine rings is 1. The molecule has 28 heavy (non-hydrogen) atoms. The molecular weight excluding hydrogens is 346 g/mol. The van der Waals surface area contributed by atoms with Gasteiger partial charge in [-0.1, -0.05) is 60.7 Å². The average Bonchev–Trinajstić information content (AvgIpc) is 3.13. The molecule has 0 atom stereocenters. The lowest BCUT2D eigenvalue weighted by molar-refractivity contribution is 0.0652. The summed E-state index contributed by atoms with van der Waals surface area (Å²) in [6, 6.07) is 18.6. The van der Waals surface area contributed by atoms with Crippen LogP contribution in [0.1, 0.15) is 22.8 Å². The van der Waals surface area contributed by atoms with Crippen LogP contribution in [0, 0.1) is 0 Å². The van der Waals surface area contributed by atoms with Crippen LogP contribution in [0.4, 0.5) is 0 Å². The zero-order valence-corrected chi connectivity index (χ0v) is 16.4. The van der Waals surface area contributed by atoms with Crippen molar-refractivity contribution in [3.05, 3.63) is 78.0 Å². The average molecular weight is 374 g/mol. The van der Waals surface area contributed by atoms with Crippen molar-refractivity contribution in [1.82, 2.24) is 14.4 Å². The third kappa shape index (κ3) is 3.87. The van der Waals surface area contributed by atoms with Gasteiger partial charge >= 0.3 is 0 Å². The van der Waals surface area contributed by atoms with Crippen LogP contribution in [-0.4, -0.2) is 53.0 Å². The molecule has 0 N–H and O–H groups in total. The molecule has 1 aliphatic rings. The van der Waals surface area contributed by atoms with Crippen LogP contribution >= 0.6 is 0 Å². The third-order valence-electron chi connectivity index (χ3n) is 5.49. The molecule has 0 bridgehead atoms. The molecule has 1 fully saturated rings. The Morgan fingerprint density at radius 2 is 1.68 bits per heavy atom. The Bertz CT molecular complexity index is 966. The molecule has 1 aromatic heterocycles. The number of aryl methyl sites for hydroxylation is 1. The molecule has 1 aliphatic heterocycles. The number of rotatable bonds is 5. The highest BCUT2D eigenvalue weighted by Gasteiger charge is 2.24. The van der Waals surface area contributed by atoms with Crippen molar-refractivity contribution in [3.8, 4) is 0 Å². The summed E-state index contributed by atoms with van der Waals surface area (Å²) >= 11 is 0. The molecule has 0 unspecified atom stereocenters. The lowest BCUT2D eigenvalue weighted by atomic mass is 10.1. The van der Waals surface area contributed by atoms with Gasteiger partial charge in [0.2, 0.25) is 0 Å². The van der Waals surface area contributed by atoms with E-state index < -0.39 is 0 Å². The van der Waals surface area contributed by atoms with Gasteiger partial charge < -0.3 is 9.47 Å². The standard InChI is InChI=1S/C24H27N3O/c1-2-26-19-22(21-12-6-7-13-23(21)26)24(28)27-17-15-25(16-18-27)14-8-11-20-9-4-3-5-10-20/h3-13,19H,2,14-18H2,1H3/b11-8+. The summed E-state index contributed by atoms with van der Waals surface area (Å²) in [7, 11) is 0. The van der Waals surface area contributed by atoms with Gasteiger partial charge in [0, 0.05) is 56.4 Å². The van der Waals surface area contributed by atoms with Crippen molar-refractivity contribution in [2.24, 2.45) is 0 Å². The molecular formula is C24H27N3O. The first-order chi connectivity index (χ1) is 13.8. The van der Waals surface area contributed by atoms with Gasteiger partial charge in [-0.05, 0) is 18.6 Å². The van der Waals surface area contributed by atoms with Gasteiger partial charge in [-0.25, -0.2) is 0 Å². The highest BCUT2D eigenvalue weighted by atomic mass is 16.2. The Labute approximate surface area is 166 Å². The normalized spacial score (nSPS) is 15.5. The molecule has 0 spiro atoms. The summed E-state index contributed by atoms with van der Waals surface area (Å²) in [4.78, 5) is 17.5. The Kier molecular flexibility index (Phi) is 5.58. The van der Waals surface area contributed by atoms with Gasteiger partial charge in [0.1, 0.15) is 0 Å². The first-order valence-corrected chi connectivity index (χ1v) is 10.1. The van der Waals surface area contributed by atoms with Crippen LogP contribution in [0.25, 0.3) is 17.0 Å². The lowest BCUT2D eigenvalue weighted by Crippen LogP contribution is -2.48. The fourth-order valence-electron chi connectivity index (χ4n) is 3.88. The zero-order valence-electron chi connectivity index (χ0n) is 16.4. The van der Waals surface area contributed by atoms with Gasteiger partial charge in [0.15, 0.2) is 0 Å². The van der Waals surface area contributed by atoms with E-state index in [0.717, 1.165) is 55.7 Å². The highest BCUT2D eigenvalue weighted by Crippen LogP contribution is 2.23.